The predicted octanol–water partition coefficient (Wildman–Crippen LogP) is 6.01. The molecule has 0 saturated carbocycles. The average molecular weight is 639 g/mol. The first kappa shape index (κ1) is 31.3. The molecule has 3 N–H and O–H groups in total. The Morgan fingerprint density at radius 3 is 2.30 bits per heavy atom. The van der Waals surface area contributed by atoms with E-state index < -0.39 is 6.61 Å². The molecule has 6 rings (SSSR count). The summed E-state index contributed by atoms with van der Waals surface area (Å²) in [5, 5.41) is 28.7. The molecule has 1 aliphatic heterocycles. The number of aryl methyl sites for hydroxylation is 1. The number of carbonyl (C=O) groups excluding carboxylic acids is 2. The highest BCUT2D eigenvalue weighted by Crippen LogP contribution is 2.32. The van der Waals surface area contributed by atoms with Crippen LogP contribution in [0.3, 0.4) is 0 Å². The number of hydrogen-bond donors (Lipinski definition) is 3. The standard InChI is InChI=1S/C34H38N8O3S/c1-22-5-9-25(10-6-22)42-30(19-28(39-42)34(2,3)4)36-33(45)35-24-7-11-26(12-8-24)46-27-13-14-29-37-38-32(41(29)20-27)23-15-17-40(18-16-23)31(44)21-43/h5-14,19-20,23,43H,15-18,21H2,1-4H3,(H2,35,36,45). The van der Waals surface area contributed by atoms with Gasteiger partial charge in [0.15, 0.2) is 5.65 Å². The number of rotatable bonds is 7. The van der Waals surface area contributed by atoms with Gasteiger partial charge < -0.3 is 15.3 Å². The normalized spacial score (nSPS) is 14.1. The molecule has 0 bridgehead atoms. The molecular formula is C34H38N8O3S. The van der Waals surface area contributed by atoms with E-state index in [0.717, 1.165) is 51.0 Å². The van der Waals surface area contributed by atoms with Crippen LogP contribution >= 0.6 is 11.8 Å². The van der Waals surface area contributed by atoms with Gasteiger partial charge in [-0.1, -0.05) is 50.2 Å². The average Bonchev–Trinajstić information content (AvgIpc) is 3.66. The van der Waals surface area contributed by atoms with Gasteiger partial charge in [0.05, 0.1) is 11.4 Å². The number of urea groups is 1. The minimum atomic E-state index is -0.456. The van der Waals surface area contributed by atoms with Gasteiger partial charge in [0, 0.05) is 52.2 Å². The number of aromatic nitrogens is 5. The Bertz CT molecular complexity index is 1850. The largest absolute Gasteiger partial charge is 0.387 e. The number of carbonyl (C=O) groups is 2. The van der Waals surface area contributed by atoms with Crippen LogP contribution in [0.15, 0.2) is 82.7 Å². The van der Waals surface area contributed by atoms with Gasteiger partial charge in [0.1, 0.15) is 18.2 Å². The van der Waals surface area contributed by atoms with Gasteiger partial charge in [0.25, 0.3) is 0 Å². The molecule has 0 unspecified atom stereocenters. The lowest BCUT2D eigenvalue weighted by Gasteiger charge is -2.30. The number of anilines is 2. The van der Waals surface area contributed by atoms with Gasteiger partial charge in [-0.25, -0.2) is 9.48 Å². The Hall–Kier alpha value is -4.68. The van der Waals surface area contributed by atoms with E-state index in [1.807, 2.05) is 84.3 Å². The zero-order chi connectivity index (χ0) is 32.4. The summed E-state index contributed by atoms with van der Waals surface area (Å²) in [4.78, 5) is 28.7. The Kier molecular flexibility index (Phi) is 8.83. The number of aliphatic hydroxyl groups is 1. The van der Waals surface area contributed by atoms with Crippen LogP contribution in [-0.2, 0) is 10.2 Å². The molecule has 238 valence electrons. The molecule has 12 heteroatoms. The second kappa shape index (κ2) is 13.0. The fourth-order valence-corrected chi connectivity index (χ4v) is 6.29. The number of aliphatic hydroxyl groups excluding tert-OH is 1. The van der Waals surface area contributed by atoms with E-state index in [1.54, 1.807) is 21.3 Å². The van der Waals surface area contributed by atoms with E-state index in [4.69, 9.17) is 10.2 Å². The van der Waals surface area contributed by atoms with Crippen molar-refractivity contribution in [3.8, 4) is 5.69 Å². The number of amides is 3. The Morgan fingerprint density at radius 1 is 0.935 bits per heavy atom. The SMILES string of the molecule is Cc1ccc(-n2nc(C(C)(C)C)cc2NC(=O)Nc2ccc(Sc3ccc4nnc(C5CCN(C(=O)CO)CC5)n4c3)cc2)cc1. The second-order valence-corrected chi connectivity index (χ2v) is 13.7. The van der Waals surface area contributed by atoms with E-state index in [2.05, 4.69) is 41.6 Å². The highest BCUT2D eigenvalue weighted by Gasteiger charge is 2.27. The molecule has 3 aromatic heterocycles. The number of nitrogens with one attached hydrogen (secondary N) is 2. The van der Waals surface area contributed by atoms with Crippen molar-refractivity contribution >= 4 is 40.9 Å². The van der Waals surface area contributed by atoms with Gasteiger partial charge >= 0.3 is 6.03 Å². The van der Waals surface area contributed by atoms with Crippen LogP contribution in [0.25, 0.3) is 11.3 Å². The molecule has 2 aromatic carbocycles. The molecule has 1 fully saturated rings. The van der Waals surface area contributed by atoms with Crippen molar-refractivity contribution < 1.29 is 14.7 Å². The molecule has 0 atom stereocenters. The Morgan fingerprint density at radius 2 is 1.63 bits per heavy atom. The summed E-state index contributed by atoms with van der Waals surface area (Å²) in [5.41, 5.74) is 4.16. The quantitative estimate of drug-likeness (QED) is 0.199. The van der Waals surface area contributed by atoms with Crippen LogP contribution in [0.1, 0.15) is 56.6 Å². The maximum Gasteiger partial charge on any atom is 0.324 e. The maximum absolute atomic E-state index is 13.1. The molecule has 3 amide bonds. The van der Waals surface area contributed by atoms with Crippen molar-refractivity contribution in [2.24, 2.45) is 0 Å². The number of hydrogen-bond acceptors (Lipinski definition) is 7. The van der Waals surface area contributed by atoms with E-state index in [-0.39, 0.29) is 23.3 Å². The number of nitrogens with zero attached hydrogens (tertiary/aromatic N) is 6. The van der Waals surface area contributed by atoms with Crippen LogP contribution < -0.4 is 10.6 Å². The lowest BCUT2D eigenvalue weighted by molar-refractivity contribution is -0.135. The molecule has 1 saturated heterocycles. The molecule has 5 aromatic rings. The van der Waals surface area contributed by atoms with E-state index in [0.29, 0.717) is 24.6 Å². The van der Waals surface area contributed by atoms with Crippen LogP contribution in [0.4, 0.5) is 16.3 Å². The minimum absolute atomic E-state index is 0.184. The topological polar surface area (TPSA) is 130 Å². The summed E-state index contributed by atoms with van der Waals surface area (Å²) in [6.07, 6.45) is 3.60. The smallest absolute Gasteiger partial charge is 0.324 e. The van der Waals surface area contributed by atoms with Crippen molar-refractivity contribution in [2.75, 3.05) is 30.3 Å². The first-order chi connectivity index (χ1) is 22.1. The summed E-state index contributed by atoms with van der Waals surface area (Å²) in [6.45, 7) is 9.06. The van der Waals surface area contributed by atoms with Gasteiger partial charge in [0.2, 0.25) is 5.91 Å². The molecule has 0 spiro atoms. The molecule has 4 heterocycles. The molecule has 46 heavy (non-hydrogen) atoms. The van der Waals surface area contributed by atoms with E-state index in [1.165, 1.54) is 0 Å². The van der Waals surface area contributed by atoms with Crippen molar-refractivity contribution in [2.45, 2.75) is 61.7 Å². The number of likely N-dealkylation sites (tertiary alicyclic amines) is 1. The van der Waals surface area contributed by atoms with Crippen molar-refractivity contribution in [3.63, 3.8) is 0 Å². The third-order valence-electron chi connectivity index (χ3n) is 8.10. The van der Waals surface area contributed by atoms with Gasteiger partial charge in [-0.05, 0) is 68.3 Å². The third kappa shape index (κ3) is 6.92. The summed E-state index contributed by atoms with van der Waals surface area (Å²) < 4.78 is 3.79. The van der Waals surface area contributed by atoms with Gasteiger partial charge in [-0.2, -0.15) is 5.10 Å². The zero-order valence-electron chi connectivity index (χ0n) is 26.4. The fraction of sp³-hybridized carbons (Fsp3) is 0.324. The lowest BCUT2D eigenvalue weighted by atomic mass is 9.92. The minimum Gasteiger partial charge on any atom is -0.387 e. The Balaban J connectivity index is 1.11. The van der Waals surface area contributed by atoms with E-state index in [9.17, 15) is 9.59 Å². The fourth-order valence-electron chi connectivity index (χ4n) is 5.46. The molecule has 1 aliphatic rings. The first-order valence-corrected chi connectivity index (χ1v) is 16.2. The molecule has 0 radical (unpaired) electrons. The predicted molar refractivity (Wildman–Crippen MR) is 179 cm³/mol. The van der Waals surface area contributed by atoms with Gasteiger partial charge in [-0.3, -0.25) is 14.5 Å². The Labute approximate surface area is 272 Å². The van der Waals surface area contributed by atoms with E-state index >= 15 is 0 Å². The van der Waals surface area contributed by atoms with Crippen molar-refractivity contribution in [1.29, 1.82) is 0 Å². The molecular weight excluding hydrogens is 600 g/mol. The monoisotopic (exact) mass is 638 g/mol. The number of piperidine rings is 1. The summed E-state index contributed by atoms with van der Waals surface area (Å²) >= 11 is 1.61. The van der Waals surface area contributed by atoms with Crippen LogP contribution in [-0.4, -0.2) is 66.0 Å². The lowest BCUT2D eigenvalue weighted by Crippen LogP contribution is -2.39. The van der Waals surface area contributed by atoms with Crippen molar-refractivity contribution in [1.82, 2.24) is 29.3 Å². The highest BCUT2D eigenvalue weighted by molar-refractivity contribution is 7.99. The summed E-state index contributed by atoms with van der Waals surface area (Å²) in [5.74, 6) is 1.43. The maximum atomic E-state index is 13.1. The molecule has 11 nitrogen and oxygen atoms in total. The zero-order valence-corrected chi connectivity index (χ0v) is 27.2. The number of pyridine rings is 1. The van der Waals surface area contributed by atoms with Crippen LogP contribution in [0, 0.1) is 6.92 Å². The highest BCUT2D eigenvalue weighted by atomic mass is 32.2. The number of benzene rings is 2. The summed E-state index contributed by atoms with van der Waals surface area (Å²) in [6, 6.07) is 21.3. The van der Waals surface area contributed by atoms with Gasteiger partial charge in [-0.15, -0.1) is 10.2 Å². The number of fused-ring (bicyclic) bond motifs is 1. The second-order valence-electron chi connectivity index (χ2n) is 12.6. The first-order valence-electron chi connectivity index (χ1n) is 15.3. The molecule has 0 aliphatic carbocycles. The summed E-state index contributed by atoms with van der Waals surface area (Å²) in [7, 11) is 0. The van der Waals surface area contributed by atoms with Crippen LogP contribution in [0.5, 0.6) is 0 Å². The van der Waals surface area contributed by atoms with Crippen LogP contribution in [0.2, 0.25) is 0 Å². The third-order valence-corrected chi connectivity index (χ3v) is 9.08. The van der Waals surface area contributed by atoms with Crippen molar-refractivity contribution in [3.05, 3.63) is 90.0 Å².